The summed E-state index contributed by atoms with van der Waals surface area (Å²) in [5.74, 6) is 0.201. The van der Waals surface area contributed by atoms with E-state index < -0.39 is 5.54 Å². The Morgan fingerprint density at radius 1 is 1.47 bits per heavy atom. The molecule has 0 heterocycles. The molecule has 4 heteroatoms. The van der Waals surface area contributed by atoms with Gasteiger partial charge in [-0.15, -0.1) is 0 Å². The van der Waals surface area contributed by atoms with Crippen LogP contribution in [0.5, 0.6) is 0 Å². The van der Waals surface area contributed by atoms with Crippen molar-refractivity contribution in [1.82, 2.24) is 5.32 Å². The normalized spacial score (nSPS) is 15.1. The number of nitrogens with one attached hydrogen (secondary N) is 1. The summed E-state index contributed by atoms with van der Waals surface area (Å²) in [4.78, 5) is 11.6. The molecule has 15 heavy (non-hydrogen) atoms. The van der Waals surface area contributed by atoms with E-state index in [1.165, 1.54) is 7.11 Å². The zero-order chi connectivity index (χ0) is 11.9. The number of methoxy groups -OCH3 is 1. The molecule has 0 amide bonds. The number of hydrogen-bond acceptors (Lipinski definition) is 4. The molecule has 0 rings (SSSR count). The minimum atomic E-state index is -0.741. The van der Waals surface area contributed by atoms with Gasteiger partial charge in [0.25, 0.3) is 0 Å². The number of carbonyl (C=O) groups is 1. The molecule has 0 spiro atoms. The Morgan fingerprint density at radius 3 is 2.47 bits per heavy atom. The van der Waals surface area contributed by atoms with E-state index in [-0.39, 0.29) is 5.97 Å². The maximum atomic E-state index is 11.6. The van der Waals surface area contributed by atoms with Crippen LogP contribution in [0.15, 0.2) is 0 Å². The van der Waals surface area contributed by atoms with E-state index >= 15 is 0 Å². The maximum absolute atomic E-state index is 11.6. The summed E-state index contributed by atoms with van der Waals surface area (Å²) >= 11 is 0. The number of hydrogen-bond donors (Lipinski definition) is 1. The van der Waals surface area contributed by atoms with Crippen molar-refractivity contribution in [2.24, 2.45) is 5.92 Å². The summed E-state index contributed by atoms with van der Waals surface area (Å²) in [5.41, 5.74) is -0.741. The highest BCUT2D eigenvalue weighted by molar-refractivity contribution is 5.80. The topological polar surface area (TPSA) is 47.6 Å². The Labute approximate surface area is 92.3 Å². The van der Waals surface area contributed by atoms with Crippen LogP contribution in [-0.2, 0) is 14.3 Å². The molecule has 0 aliphatic rings. The monoisotopic (exact) mass is 217 g/mol. The third kappa shape index (κ3) is 5.14. The van der Waals surface area contributed by atoms with Gasteiger partial charge in [-0.25, -0.2) is 4.79 Å². The third-order valence-electron chi connectivity index (χ3n) is 2.13. The predicted octanol–water partition coefficient (Wildman–Crippen LogP) is 1.20. The van der Waals surface area contributed by atoms with Crippen molar-refractivity contribution in [1.29, 1.82) is 0 Å². The molecule has 0 aromatic carbocycles. The molecule has 0 saturated heterocycles. The lowest BCUT2D eigenvalue weighted by molar-refractivity contribution is -0.150. The van der Waals surface area contributed by atoms with E-state index in [1.54, 1.807) is 6.92 Å². The van der Waals surface area contributed by atoms with Gasteiger partial charge in [0.15, 0.2) is 0 Å². The van der Waals surface area contributed by atoms with Crippen LogP contribution < -0.4 is 5.32 Å². The Bertz CT molecular complexity index is 194. The van der Waals surface area contributed by atoms with Crippen LogP contribution in [0.1, 0.15) is 27.7 Å². The predicted molar refractivity (Wildman–Crippen MR) is 59.8 cm³/mol. The van der Waals surface area contributed by atoms with Gasteiger partial charge in [0.2, 0.25) is 0 Å². The van der Waals surface area contributed by atoms with Crippen LogP contribution in [0.4, 0.5) is 0 Å². The fourth-order valence-electron chi connectivity index (χ4n) is 1.14. The Hall–Kier alpha value is -0.610. The van der Waals surface area contributed by atoms with Crippen LogP contribution in [0, 0.1) is 5.92 Å². The molecule has 4 nitrogen and oxygen atoms in total. The smallest absolute Gasteiger partial charge is 0.328 e. The number of ether oxygens (including phenoxy) is 2. The molecule has 1 unspecified atom stereocenters. The lowest BCUT2D eigenvalue weighted by atomic mass is 10.0. The highest BCUT2D eigenvalue weighted by atomic mass is 16.5. The molecule has 0 fully saturated rings. The van der Waals surface area contributed by atoms with Crippen molar-refractivity contribution in [2.75, 3.05) is 26.9 Å². The van der Waals surface area contributed by atoms with Crippen LogP contribution in [0.2, 0.25) is 0 Å². The average Bonchev–Trinajstić information content (AvgIpc) is 2.22. The average molecular weight is 217 g/mol. The quantitative estimate of drug-likeness (QED) is 0.651. The second kappa shape index (κ2) is 6.80. The van der Waals surface area contributed by atoms with Crippen LogP contribution in [0.3, 0.4) is 0 Å². The van der Waals surface area contributed by atoms with Crippen LogP contribution >= 0.6 is 0 Å². The molecule has 0 aliphatic carbocycles. The van der Waals surface area contributed by atoms with Crippen LogP contribution in [-0.4, -0.2) is 38.4 Å². The SMILES string of the molecule is CCOCC(C)(NCC(C)C)C(=O)OC. The second-order valence-corrected chi connectivity index (χ2v) is 4.24. The minimum Gasteiger partial charge on any atom is -0.468 e. The minimum absolute atomic E-state index is 0.281. The van der Waals surface area contributed by atoms with Crippen molar-refractivity contribution in [3.8, 4) is 0 Å². The first-order valence-electron chi connectivity index (χ1n) is 5.37. The van der Waals surface area contributed by atoms with Gasteiger partial charge in [-0.05, 0) is 26.3 Å². The Morgan fingerprint density at radius 2 is 2.07 bits per heavy atom. The lowest BCUT2D eigenvalue weighted by Crippen LogP contribution is -2.54. The first kappa shape index (κ1) is 14.4. The first-order chi connectivity index (χ1) is 6.96. The lowest BCUT2D eigenvalue weighted by Gasteiger charge is -2.28. The Kier molecular flexibility index (Phi) is 6.52. The third-order valence-corrected chi connectivity index (χ3v) is 2.13. The van der Waals surface area contributed by atoms with Gasteiger partial charge in [-0.1, -0.05) is 13.8 Å². The summed E-state index contributed by atoms with van der Waals surface area (Å²) in [5, 5.41) is 3.18. The summed E-state index contributed by atoms with van der Waals surface area (Å²) in [6, 6.07) is 0. The standard InChI is InChI=1S/C11H23NO3/c1-6-15-8-11(4,10(13)14-5)12-7-9(2)3/h9,12H,6-8H2,1-5H3. The fourth-order valence-corrected chi connectivity index (χ4v) is 1.14. The highest BCUT2D eigenvalue weighted by Crippen LogP contribution is 2.08. The van der Waals surface area contributed by atoms with E-state index in [0.29, 0.717) is 19.1 Å². The number of rotatable bonds is 7. The van der Waals surface area contributed by atoms with E-state index in [0.717, 1.165) is 6.54 Å². The summed E-state index contributed by atoms with van der Waals surface area (Å²) in [7, 11) is 1.39. The molecule has 0 aliphatic heterocycles. The largest absolute Gasteiger partial charge is 0.468 e. The Balaban J connectivity index is 4.33. The van der Waals surface area contributed by atoms with Gasteiger partial charge < -0.3 is 9.47 Å². The molecular weight excluding hydrogens is 194 g/mol. The van der Waals surface area contributed by atoms with Crippen molar-refractivity contribution < 1.29 is 14.3 Å². The van der Waals surface area contributed by atoms with Crippen molar-refractivity contribution in [3.05, 3.63) is 0 Å². The summed E-state index contributed by atoms with van der Waals surface area (Å²) in [6.07, 6.45) is 0. The number of carbonyl (C=O) groups excluding carboxylic acids is 1. The molecule has 0 saturated carbocycles. The first-order valence-corrected chi connectivity index (χ1v) is 5.37. The van der Waals surface area contributed by atoms with Gasteiger partial charge in [0.1, 0.15) is 5.54 Å². The zero-order valence-corrected chi connectivity index (χ0v) is 10.4. The fraction of sp³-hybridized carbons (Fsp3) is 0.909. The van der Waals surface area contributed by atoms with Gasteiger partial charge in [0.05, 0.1) is 13.7 Å². The van der Waals surface area contributed by atoms with Crippen molar-refractivity contribution in [2.45, 2.75) is 33.2 Å². The van der Waals surface area contributed by atoms with Crippen LogP contribution in [0.25, 0.3) is 0 Å². The van der Waals surface area contributed by atoms with E-state index in [1.807, 2.05) is 6.92 Å². The molecule has 90 valence electrons. The zero-order valence-electron chi connectivity index (χ0n) is 10.4. The summed E-state index contributed by atoms with van der Waals surface area (Å²) < 4.78 is 10.1. The molecule has 0 aromatic heterocycles. The van der Waals surface area contributed by atoms with Crippen molar-refractivity contribution in [3.63, 3.8) is 0 Å². The second-order valence-electron chi connectivity index (χ2n) is 4.24. The maximum Gasteiger partial charge on any atom is 0.328 e. The van der Waals surface area contributed by atoms with Crippen molar-refractivity contribution >= 4 is 5.97 Å². The highest BCUT2D eigenvalue weighted by Gasteiger charge is 2.34. The van der Waals surface area contributed by atoms with E-state index in [2.05, 4.69) is 19.2 Å². The number of esters is 1. The molecule has 1 N–H and O–H groups in total. The van der Waals surface area contributed by atoms with Gasteiger partial charge in [-0.2, -0.15) is 0 Å². The van der Waals surface area contributed by atoms with E-state index in [9.17, 15) is 4.79 Å². The van der Waals surface area contributed by atoms with Gasteiger partial charge >= 0.3 is 5.97 Å². The summed E-state index contributed by atoms with van der Waals surface area (Å²) in [6.45, 7) is 9.57. The molecule has 1 atom stereocenters. The van der Waals surface area contributed by atoms with Gasteiger partial charge in [-0.3, -0.25) is 5.32 Å². The van der Waals surface area contributed by atoms with E-state index in [4.69, 9.17) is 9.47 Å². The molecular formula is C11H23NO3. The van der Waals surface area contributed by atoms with Gasteiger partial charge in [0, 0.05) is 6.61 Å². The molecule has 0 radical (unpaired) electrons. The molecule has 0 aromatic rings. The molecule has 0 bridgehead atoms.